The number of aromatic nitrogens is 2. The van der Waals surface area contributed by atoms with Gasteiger partial charge in [0.1, 0.15) is 6.73 Å². The number of halogens is 1. The van der Waals surface area contributed by atoms with Gasteiger partial charge >= 0.3 is 0 Å². The van der Waals surface area contributed by atoms with Crippen LogP contribution in [0.3, 0.4) is 0 Å². The molecule has 0 aliphatic carbocycles. The van der Waals surface area contributed by atoms with Crippen molar-refractivity contribution in [1.82, 2.24) is 9.78 Å². The standard InChI is InChI=1S/C9H7BrN2O2S/c10-7-3-1-2-6(4-7)8-11-12(5-13)9(15)14-8/h1-4,13H,5H2. The van der Waals surface area contributed by atoms with Gasteiger partial charge in [0.25, 0.3) is 4.84 Å². The van der Waals surface area contributed by atoms with Crippen LogP contribution < -0.4 is 0 Å². The number of rotatable bonds is 2. The van der Waals surface area contributed by atoms with Gasteiger partial charge in [-0.25, -0.2) is 0 Å². The Balaban J connectivity index is 2.50. The van der Waals surface area contributed by atoms with Gasteiger partial charge < -0.3 is 9.52 Å². The molecule has 1 aromatic carbocycles. The molecule has 15 heavy (non-hydrogen) atoms. The molecule has 0 spiro atoms. The molecule has 0 amide bonds. The second kappa shape index (κ2) is 4.26. The Kier molecular flexibility index (Phi) is 2.99. The van der Waals surface area contributed by atoms with Gasteiger partial charge in [0, 0.05) is 10.0 Å². The van der Waals surface area contributed by atoms with Crippen LogP contribution in [-0.2, 0) is 6.73 Å². The van der Waals surface area contributed by atoms with Crippen molar-refractivity contribution < 1.29 is 9.52 Å². The van der Waals surface area contributed by atoms with E-state index < -0.39 is 0 Å². The second-order valence-electron chi connectivity index (χ2n) is 2.82. The van der Waals surface area contributed by atoms with E-state index in [9.17, 15) is 0 Å². The molecule has 1 aromatic heterocycles. The van der Waals surface area contributed by atoms with Crippen LogP contribution in [0.1, 0.15) is 0 Å². The van der Waals surface area contributed by atoms with Crippen LogP contribution in [0.4, 0.5) is 0 Å². The summed E-state index contributed by atoms with van der Waals surface area (Å²) in [6.07, 6.45) is 0. The third-order valence-corrected chi connectivity index (χ3v) is 2.60. The fourth-order valence-electron chi connectivity index (χ4n) is 1.13. The van der Waals surface area contributed by atoms with Crippen molar-refractivity contribution in [3.05, 3.63) is 33.6 Å². The van der Waals surface area contributed by atoms with Gasteiger partial charge in [0.15, 0.2) is 0 Å². The van der Waals surface area contributed by atoms with Gasteiger partial charge in [-0.3, -0.25) is 0 Å². The average molecular weight is 287 g/mol. The maximum atomic E-state index is 8.90. The quantitative estimate of drug-likeness (QED) is 0.863. The molecule has 4 nitrogen and oxygen atoms in total. The van der Waals surface area contributed by atoms with Crippen LogP contribution in [0.2, 0.25) is 0 Å². The molecule has 2 rings (SSSR count). The molecule has 0 aliphatic rings. The summed E-state index contributed by atoms with van der Waals surface area (Å²) in [6, 6.07) is 7.49. The average Bonchev–Trinajstić information content (AvgIpc) is 2.60. The van der Waals surface area contributed by atoms with Crippen molar-refractivity contribution >= 4 is 28.1 Å². The zero-order valence-electron chi connectivity index (χ0n) is 7.55. The Morgan fingerprint density at radius 2 is 2.33 bits per heavy atom. The summed E-state index contributed by atoms with van der Waals surface area (Å²) in [4.78, 5) is 0.160. The van der Waals surface area contributed by atoms with Crippen LogP contribution in [-0.4, -0.2) is 14.9 Å². The molecule has 0 atom stereocenters. The molecule has 0 saturated heterocycles. The Morgan fingerprint density at radius 3 is 2.93 bits per heavy atom. The number of hydrogen-bond acceptors (Lipinski definition) is 4. The maximum Gasteiger partial charge on any atom is 0.289 e. The van der Waals surface area contributed by atoms with Crippen molar-refractivity contribution in [2.45, 2.75) is 6.73 Å². The van der Waals surface area contributed by atoms with E-state index in [2.05, 4.69) is 21.0 Å². The predicted octanol–water partition coefficient (Wildman–Crippen LogP) is 2.58. The van der Waals surface area contributed by atoms with E-state index in [1.165, 1.54) is 4.68 Å². The zero-order chi connectivity index (χ0) is 10.8. The van der Waals surface area contributed by atoms with Crippen LogP contribution >= 0.6 is 28.1 Å². The second-order valence-corrected chi connectivity index (χ2v) is 4.09. The third kappa shape index (κ3) is 2.17. The van der Waals surface area contributed by atoms with E-state index in [4.69, 9.17) is 21.7 Å². The molecule has 78 valence electrons. The van der Waals surface area contributed by atoms with E-state index in [0.717, 1.165) is 10.0 Å². The van der Waals surface area contributed by atoms with Gasteiger partial charge in [-0.05, 0) is 30.4 Å². The number of aliphatic hydroxyl groups excluding tert-OH is 1. The lowest BCUT2D eigenvalue weighted by Crippen LogP contribution is -1.98. The molecular formula is C9H7BrN2O2S. The number of aliphatic hydroxyl groups is 1. The normalized spacial score (nSPS) is 10.5. The van der Waals surface area contributed by atoms with Gasteiger partial charge in [-0.1, -0.05) is 22.0 Å². The third-order valence-electron chi connectivity index (χ3n) is 1.81. The molecule has 0 aliphatic heterocycles. The van der Waals surface area contributed by atoms with Crippen molar-refractivity contribution in [3.8, 4) is 11.5 Å². The first-order valence-corrected chi connectivity index (χ1v) is 5.35. The van der Waals surface area contributed by atoms with Gasteiger partial charge in [0.2, 0.25) is 5.89 Å². The Bertz CT molecular complexity index is 535. The monoisotopic (exact) mass is 286 g/mol. The summed E-state index contributed by atoms with van der Waals surface area (Å²) < 4.78 is 7.38. The zero-order valence-corrected chi connectivity index (χ0v) is 9.96. The lowest BCUT2D eigenvalue weighted by atomic mass is 10.2. The Labute approximate surface area is 99.3 Å². The van der Waals surface area contributed by atoms with Crippen LogP contribution in [0, 0.1) is 4.84 Å². The largest absolute Gasteiger partial charge is 0.409 e. The van der Waals surface area contributed by atoms with Crippen LogP contribution in [0.15, 0.2) is 33.2 Å². The van der Waals surface area contributed by atoms with Crippen LogP contribution in [0.5, 0.6) is 0 Å². The van der Waals surface area contributed by atoms with Crippen LogP contribution in [0.25, 0.3) is 11.5 Å². The molecule has 0 fully saturated rings. The smallest absolute Gasteiger partial charge is 0.289 e. The SMILES string of the molecule is OCn1nc(-c2cccc(Br)c2)oc1=S. The van der Waals surface area contributed by atoms with E-state index in [0.29, 0.717) is 5.89 Å². The van der Waals surface area contributed by atoms with E-state index in [-0.39, 0.29) is 11.6 Å². The molecule has 6 heteroatoms. The molecule has 0 radical (unpaired) electrons. The molecule has 0 unspecified atom stereocenters. The molecule has 2 aromatic rings. The molecule has 0 bridgehead atoms. The minimum atomic E-state index is -0.281. The Morgan fingerprint density at radius 1 is 1.53 bits per heavy atom. The number of hydrogen-bond donors (Lipinski definition) is 1. The highest BCUT2D eigenvalue weighted by molar-refractivity contribution is 9.10. The van der Waals surface area contributed by atoms with Gasteiger partial charge in [-0.2, -0.15) is 4.68 Å². The van der Waals surface area contributed by atoms with E-state index >= 15 is 0 Å². The predicted molar refractivity (Wildman–Crippen MR) is 60.7 cm³/mol. The summed E-state index contributed by atoms with van der Waals surface area (Å²) in [5.74, 6) is 0.398. The van der Waals surface area contributed by atoms with E-state index in [1.54, 1.807) is 0 Å². The summed E-state index contributed by atoms with van der Waals surface area (Å²) in [7, 11) is 0. The summed E-state index contributed by atoms with van der Waals surface area (Å²) in [5.41, 5.74) is 0.808. The van der Waals surface area contributed by atoms with Crippen molar-refractivity contribution in [1.29, 1.82) is 0 Å². The fraction of sp³-hybridized carbons (Fsp3) is 0.111. The number of nitrogens with zero attached hydrogens (tertiary/aromatic N) is 2. The highest BCUT2D eigenvalue weighted by atomic mass is 79.9. The molecule has 0 saturated carbocycles. The van der Waals surface area contributed by atoms with Gasteiger partial charge in [-0.15, -0.1) is 5.10 Å². The minimum absolute atomic E-state index is 0.160. The van der Waals surface area contributed by atoms with Crippen molar-refractivity contribution in [3.63, 3.8) is 0 Å². The Hall–Kier alpha value is -0.980. The first-order valence-electron chi connectivity index (χ1n) is 4.15. The summed E-state index contributed by atoms with van der Waals surface area (Å²) in [5, 5.41) is 12.9. The van der Waals surface area contributed by atoms with E-state index in [1.807, 2.05) is 24.3 Å². The molecular weight excluding hydrogens is 280 g/mol. The fourth-order valence-corrected chi connectivity index (χ4v) is 1.71. The highest BCUT2D eigenvalue weighted by Gasteiger charge is 2.07. The topological polar surface area (TPSA) is 51.2 Å². The minimum Gasteiger partial charge on any atom is -0.409 e. The lowest BCUT2D eigenvalue weighted by Gasteiger charge is -1.94. The highest BCUT2D eigenvalue weighted by Crippen LogP contribution is 2.21. The lowest BCUT2D eigenvalue weighted by molar-refractivity contribution is 0.190. The molecule has 1 N–H and O–H groups in total. The number of benzene rings is 1. The maximum absolute atomic E-state index is 8.90. The van der Waals surface area contributed by atoms with Crippen molar-refractivity contribution in [2.75, 3.05) is 0 Å². The summed E-state index contributed by atoms with van der Waals surface area (Å²) in [6.45, 7) is -0.281. The van der Waals surface area contributed by atoms with Gasteiger partial charge in [0.05, 0.1) is 0 Å². The summed E-state index contributed by atoms with van der Waals surface area (Å²) >= 11 is 8.22. The van der Waals surface area contributed by atoms with Crippen molar-refractivity contribution in [2.24, 2.45) is 0 Å². The first-order chi connectivity index (χ1) is 7.20. The first kappa shape index (κ1) is 10.5. The molecule has 1 heterocycles.